The van der Waals surface area contributed by atoms with Gasteiger partial charge in [-0.15, -0.1) is 0 Å². The molecule has 2 fully saturated rings. The summed E-state index contributed by atoms with van der Waals surface area (Å²) in [5.41, 5.74) is 0.411. The summed E-state index contributed by atoms with van der Waals surface area (Å²) in [5, 5.41) is 2.86. The smallest absolute Gasteiger partial charge is 0.253 e. The molecule has 2 heterocycles. The zero-order valence-corrected chi connectivity index (χ0v) is 17.7. The van der Waals surface area contributed by atoms with E-state index >= 15 is 0 Å². The maximum absolute atomic E-state index is 13.2. The molecular formula is C21H29N3O4S. The predicted octanol–water partition coefficient (Wildman–Crippen LogP) is 2.01. The van der Waals surface area contributed by atoms with Crippen molar-refractivity contribution in [3.63, 3.8) is 0 Å². The van der Waals surface area contributed by atoms with E-state index in [1.807, 2.05) is 6.92 Å². The molecule has 3 rings (SSSR count). The van der Waals surface area contributed by atoms with Crippen LogP contribution >= 0.6 is 0 Å². The van der Waals surface area contributed by atoms with Gasteiger partial charge in [-0.25, -0.2) is 8.42 Å². The van der Waals surface area contributed by atoms with Crippen LogP contribution in [0.2, 0.25) is 0 Å². The third-order valence-corrected chi connectivity index (χ3v) is 7.60. The molecule has 2 aliphatic rings. The van der Waals surface area contributed by atoms with Crippen molar-refractivity contribution in [1.29, 1.82) is 0 Å². The van der Waals surface area contributed by atoms with Crippen molar-refractivity contribution in [3.8, 4) is 0 Å². The van der Waals surface area contributed by atoms with Crippen LogP contribution < -0.4 is 5.32 Å². The third-order valence-electron chi connectivity index (χ3n) is 5.74. The number of carbonyl (C=O) groups is 2. The number of carbonyl (C=O) groups excluding carboxylic acids is 2. The van der Waals surface area contributed by atoms with E-state index in [-0.39, 0.29) is 28.7 Å². The van der Waals surface area contributed by atoms with Gasteiger partial charge in [0.05, 0.1) is 4.90 Å². The van der Waals surface area contributed by atoms with Gasteiger partial charge in [-0.2, -0.15) is 4.31 Å². The number of nitrogens with zero attached hydrogens (tertiary/aromatic N) is 2. The number of sulfonamides is 1. The maximum Gasteiger partial charge on any atom is 0.253 e. The lowest BCUT2D eigenvalue weighted by atomic mass is 9.95. The zero-order valence-electron chi connectivity index (χ0n) is 16.8. The van der Waals surface area contributed by atoms with Crippen molar-refractivity contribution >= 4 is 21.8 Å². The summed E-state index contributed by atoms with van der Waals surface area (Å²) < 4.78 is 27.8. The van der Waals surface area contributed by atoms with Crippen molar-refractivity contribution in [2.45, 2.75) is 43.5 Å². The Bertz CT molecular complexity index is 878. The Hall–Kier alpha value is -2.19. The Morgan fingerprint density at radius 3 is 2.55 bits per heavy atom. The minimum Gasteiger partial charge on any atom is -0.349 e. The van der Waals surface area contributed by atoms with Gasteiger partial charge < -0.3 is 10.2 Å². The fourth-order valence-corrected chi connectivity index (χ4v) is 5.60. The lowest BCUT2D eigenvalue weighted by Crippen LogP contribution is -2.51. The molecule has 2 aliphatic heterocycles. The van der Waals surface area contributed by atoms with Crippen LogP contribution in [0.25, 0.3) is 0 Å². The SMILES string of the molecule is C=CC(=O)NC1CCN(S(=O)(=O)c2cccc(C(=O)N3CCCCC3)c2)CC1C. The van der Waals surface area contributed by atoms with Crippen molar-refractivity contribution in [1.82, 2.24) is 14.5 Å². The molecule has 1 N–H and O–H groups in total. The van der Waals surface area contributed by atoms with Crippen LogP contribution in [0.4, 0.5) is 0 Å². The van der Waals surface area contributed by atoms with Crippen molar-refractivity contribution in [2.75, 3.05) is 26.2 Å². The van der Waals surface area contributed by atoms with Crippen molar-refractivity contribution < 1.29 is 18.0 Å². The summed E-state index contributed by atoms with van der Waals surface area (Å²) in [6, 6.07) is 6.25. The van der Waals surface area contributed by atoms with Crippen LogP contribution in [0.15, 0.2) is 41.8 Å². The van der Waals surface area contributed by atoms with Crippen molar-refractivity contribution in [2.24, 2.45) is 5.92 Å². The molecule has 0 saturated carbocycles. The maximum atomic E-state index is 13.2. The second kappa shape index (κ2) is 9.09. The zero-order chi connectivity index (χ0) is 21.0. The van der Waals surface area contributed by atoms with Gasteiger partial charge in [0.2, 0.25) is 15.9 Å². The van der Waals surface area contributed by atoms with Crippen LogP contribution in [0, 0.1) is 5.92 Å². The number of piperidine rings is 2. The normalized spacial score (nSPS) is 23.4. The monoisotopic (exact) mass is 419 g/mol. The number of benzene rings is 1. The average molecular weight is 420 g/mol. The summed E-state index contributed by atoms with van der Waals surface area (Å²) in [5.74, 6) is -0.386. The Balaban J connectivity index is 1.73. The number of rotatable bonds is 5. The average Bonchev–Trinajstić information content (AvgIpc) is 2.75. The second-order valence-electron chi connectivity index (χ2n) is 7.83. The van der Waals surface area contributed by atoms with E-state index < -0.39 is 10.0 Å². The van der Waals surface area contributed by atoms with Gasteiger partial charge in [0.1, 0.15) is 0 Å². The Kier molecular flexibility index (Phi) is 6.74. The van der Waals surface area contributed by atoms with Gasteiger partial charge in [0.15, 0.2) is 0 Å². The molecule has 1 aromatic rings. The lowest BCUT2D eigenvalue weighted by molar-refractivity contribution is -0.117. The highest BCUT2D eigenvalue weighted by Crippen LogP contribution is 2.25. The molecule has 2 amide bonds. The molecule has 7 nitrogen and oxygen atoms in total. The van der Waals surface area contributed by atoms with Gasteiger partial charge >= 0.3 is 0 Å². The summed E-state index contributed by atoms with van der Waals surface area (Å²) >= 11 is 0. The van der Waals surface area contributed by atoms with Crippen LogP contribution in [-0.2, 0) is 14.8 Å². The molecule has 0 aromatic heterocycles. The van der Waals surface area contributed by atoms with E-state index in [0.717, 1.165) is 32.4 Å². The molecular weight excluding hydrogens is 390 g/mol. The van der Waals surface area contributed by atoms with E-state index in [9.17, 15) is 18.0 Å². The van der Waals surface area contributed by atoms with E-state index in [1.54, 1.807) is 23.1 Å². The fraction of sp³-hybridized carbons (Fsp3) is 0.524. The Morgan fingerprint density at radius 1 is 1.17 bits per heavy atom. The molecule has 2 unspecified atom stereocenters. The van der Waals surface area contributed by atoms with Gasteiger partial charge in [-0.1, -0.05) is 19.6 Å². The van der Waals surface area contributed by atoms with E-state index in [0.29, 0.717) is 25.1 Å². The topological polar surface area (TPSA) is 86.8 Å². The lowest BCUT2D eigenvalue weighted by Gasteiger charge is -2.36. The molecule has 2 atom stereocenters. The van der Waals surface area contributed by atoms with Crippen LogP contribution in [0.3, 0.4) is 0 Å². The molecule has 1 aromatic carbocycles. The largest absolute Gasteiger partial charge is 0.349 e. The van der Waals surface area contributed by atoms with E-state index in [2.05, 4.69) is 11.9 Å². The van der Waals surface area contributed by atoms with Gasteiger partial charge in [0, 0.05) is 37.8 Å². The molecule has 0 radical (unpaired) electrons. The second-order valence-corrected chi connectivity index (χ2v) is 9.77. The van der Waals surface area contributed by atoms with Crippen molar-refractivity contribution in [3.05, 3.63) is 42.5 Å². The molecule has 8 heteroatoms. The first-order chi connectivity index (χ1) is 13.8. The van der Waals surface area contributed by atoms with Gasteiger partial charge in [-0.3, -0.25) is 9.59 Å². The van der Waals surface area contributed by atoms with Crippen LogP contribution in [0.5, 0.6) is 0 Å². The first-order valence-electron chi connectivity index (χ1n) is 10.2. The van der Waals surface area contributed by atoms with Crippen LogP contribution in [-0.4, -0.2) is 61.7 Å². The molecule has 29 heavy (non-hydrogen) atoms. The first-order valence-corrected chi connectivity index (χ1v) is 11.6. The number of hydrogen-bond donors (Lipinski definition) is 1. The predicted molar refractivity (Wildman–Crippen MR) is 111 cm³/mol. The molecule has 158 valence electrons. The fourth-order valence-electron chi connectivity index (χ4n) is 4.00. The standard InChI is InChI=1S/C21H29N3O4S/c1-3-20(25)22-19-10-13-24(15-16(19)2)29(27,28)18-9-7-8-17(14-18)21(26)23-11-5-4-6-12-23/h3,7-9,14,16,19H,1,4-6,10-13,15H2,2H3,(H,22,25). The summed E-state index contributed by atoms with van der Waals surface area (Å²) in [6.07, 6.45) is 4.85. The molecule has 2 saturated heterocycles. The van der Waals surface area contributed by atoms with E-state index in [4.69, 9.17) is 0 Å². The quantitative estimate of drug-likeness (QED) is 0.740. The number of hydrogen-bond acceptors (Lipinski definition) is 4. The Labute approximate surface area is 172 Å². The highest BCUT2D eigenvalue weighted by atomic mass is 32.2. The van der Waals surface area contributed by atoms with Gasteiger partial charge in [-0.05, 0) is 55.9 Å². The summed E-state index contributed by atoms with van der Waals surface area (Å²) in [7, 11) is -3.71. The number of amides is 2. The Morgan fingerprint density at radius 2 is 1.90 bits per heavy atom. The first kappa shape index (κ1) is 21.5. The van der Waals surface area contributed by atoms with Crippen LogP contribution in [0.1, 0.15) is 43.0 Å². The summed E-state index contributed by atoms with van der Waals surface area (Å²) in [6.45, 7) is 7.45. The van der Waals surface area contributed by atoms with Gasteiger partial charge in [0.25, 0.3) is 5.91 Å². The third kappa shape index (κ3) is 4.87. The number of likely N-dealkylation sites (tertiary alicyclic amines) is 1. The molecule has 0 aliphatic carbocycles. The minimum atomic E-state index is -3.71. The highest BCUT2D eigenvalue weighted by molar-refractivity contribution is 7.89. The molecule has 0 spiro atoms. The number of nitrogens with one attached hydrogen (secondary N) is 1. The minimum absolute atomic E-state index is 0.0272. The van der Waals surface area contributed by atoms with E-state index in [1.165, 1.54) is 16.4 Å². The molecule has 0 bridgehead atoms. The summed E-state index contributed by atoms with van der Waals surface area (Å²) in [4.78, 5) is 26.2. The highest BCUT2D eigenvalue weighted by Gasteiger charge is 2.34.